The number of aliphatic hydroxyl groups is 1. The van der Waals surface area contributed by atoms with Crippen LogP contribution in [0.25, 0.3) is 0 Å². The summed E-state index contributed by atoms with van der Waals surface area (Å²) in [6, 6.07) is 8.54. The number of fused-ring (bicyclic) bond motifs is 1. The van der Waals surface area contributed by atoms with E-state index < -0.39 is 14.4 Å². The lowest BCUT2D eigenvalue weighted by molar-refractivity contribution is 0.0827. The van der Waals surface area contributed by atoms with Crippen molar-refractivity contribution in [3.8, 4) is 0 Å². The van der Waals surface area contributed by atoms with Gasteiger partial charge in [0.1, 0.15) is 6.10 Å². The van der Waals surface area contributed by atoms with Crippen LogP contribution in [0.1, 0.15) is 132 Å². The maximum atomic E-state index is 12.0. The summed E-state index contributed by atoms with van der Waals surface area (Å²) in [5.74, 6) is 0.297. The number of aromatic nitrogens is 1. The van der Waals surface area contributed by atoms with Crippen LogP contribution in [0.4, 0.5) is 0 Å². The van der Waals surface area contributed by atoms with Crippen molar-refractivity contribution < 1.29 is 14.3 Å². The van der Waals surface area contributed by atoms with Crippen LogP contribution in [0.15, 0.2) is 24.3 Å². The van der Waals surface area contributed by atoms with Crippen LogP contribution in [-0.4, -0.2) is 31.6 Å². The smallest absolute Gasteiger partial charge is 0.192 e. The van der Waals surface area contributed by atoms with E-state index in [1.807, 2.05) is 0 Å². The summed E-state index contributed by atoms with van der Waals surface area (Å²) in [4.78, 5) is 5.46. The molecule has 1 N–H and O–H groups in total. The lowest BCUT2D eigenvalue weighted by Gasteiger charge is -2.45. The summed E-state index contributed by atoms with van der Waals surface area (Å²) >= 11 is 0. The molecule has 2 heterocycles. The predicted molar refractivity (Wildman–Crippen MR) is 164 cm³/mol. The van der Waals surface area contributed by atoms with Gasteiger partial charge in [-0.3, -0.25) is 4.98 Å². The summed E-state index contributed by atoms with van der Waals surface area (Å²) in [5, 5.41) is 12.1. The lowest BCUT2D eigenvalue weighted by atomic mass is 9.72. The second-order valence-corrected chi connectivity index (χ2v) is 20.2. The number of ether oxygens (including phenoxy) is 1. The van der Waals surface area contributed by atoms with Crippen molar-refractivity contribution in [3.05, 3.63) is 63.5 Å². The average Bonchev–Trinajstić information content (AvgIpc) is 2.81. The van der Waals surface area contributed by atoms with Crippen LogP contribution >= 0.6 is 0 Å². The fourth-order valence-corrected chi connectivity index (χ4v) is 7.37. The largest absolute Gasteiger partial charge is 0.410 e. The molecule has 1 aromatic heterocycles. The molecule has 4 rings (SSSR count). The van der Waals surface area contributed by atoms with Crippen molar-refractivity contribution in [3.63, 3.8) is 0 Å². The second-order valence-electron chi connectivity index (χ2n) is 15.5. The van der Waals surface area contributed by atoms with Crippen LogP contribution < -0.4 is 0 Å². The normalized spacial score (nSPS) is 21.5. The topological polar surface area (TPSA) is 51.6 Å². The highest BCUT2D eigenvalue weighted by Crippen LogP contribution is 2.50. The third kappa shape index (κ3) is 6.37. The fraction of sp³-hybridized carbons (Fsp3) is 0.676. The molecule has 0 amide bonds. The maximum Gasteiger partial charge on any atom is 0.192 e. The number of hydrogen-bond acceptors (Lipinski definition) is 4. The third-order valence-corrected chi connectivity index (χ3v) is 14.1. The number of rotatable bonds is 5. The standard InChI is InChI=1S/C34H53NO3Si/c1-22-28-26(20-34(8,9)21-27(28)38-39(10,11)33(5,6)7)35-30(23-16-18-37-19-17-23)29(22)31(36)24-12-14-25(15-13-24)32(2,3)4/h12-15,23,27,31,36H,16-21H2,1-11H3. The van der Waals surface area contributed by atoms with Gasteiger partial charge in [0, 0.05) is 36.0 Å². The van der Waals surface area contributed by atoms with Gasteiger partial charge in [0.25, 0.3) is 0 Å². The first-order chi connectivity index (χ1) is 17.9. The minimum atomic E-state index is -2.03. The molecule has 5 heteroatoms. The maximum absolute atomic E-state index is 12.0. The van der Waals surface area contributed by atoms with E-state index in [1.165, 1.54) is 22.4 Å². The van der Waals surface area contributed by atoms with Crippen molar-refractivity contribution in [2.24, 2.45) is 5.41 Å². The third-order valence-electron chi connectivity index (χ3n) is 9.57. The highest BCUT2D eigenvalue weighted by Gasteiger charge is 2.44. The first-order valence-electron chi connectivity index (χ1n) is 15.0. The Labute approximate surface area is 239 Å². The minimum Gasteiger partial charge on any atom is -0.410 e. The zero-order valence-electron chi connectivity index (χ0n) is 26.5. The molecular formula is C34H53NO3Si. The zero-order chi connectivity index (χ0) is 29.0. The summed E-state index contributed by atoms with van der Waals surface area (Å²) in [6.45, 7) is 26.7. The predicted octanol–water partition coefficient (Wildman–Crippen LogP) is 8.70. The van der Waals surface area contributed by atoms with E-state index in [1.54, 1.807) is 0 Å². The average molecular weight is 552 g/mol. The molecule has 0 bridgehead atoms. The first-order valence-corrected chi connectivity index (χ1v) is 17.9. The van der Waals surface area contributed by atoms with Crippen molar-refractivity contribution in [1.82, 2.24) is 4.98 Å². The van der Waals surface area contributed by atoms with Gasteiger partial charge >= 0.3 is 0 Å². The van der Waals surface area contributed by atoms with Crippen LogP contribution in [0, 0.1) is 12.3 Å². The summed E-state index contributed by atoms with van der Waals surface area (Å²) in [7, 11) is -2.03. The molecule has 1 aliphatic carbocycles. The van der Waals surface area contributed by atoms with Gasteiger partial charge in [-0.1, -0.05) is 79.7 Å². The van der Waals surface area contributed by atoms with Gasteiger partial charge in [0.2, 0.25) is 0 Å². The van der Waals surface area contributed by atoms with E-state index in [2.05, 4.69) is 99.7 Å². The van der Waals surface area contributed by atoms with Crippen molar-refractivity contribution in [1.29, 1.82) is 0 Å². The molecule has 1 aliphatic heterocycles. The minimum absolute atomic E-state index is 0.00454. The van der Waals surface area contributed by atoms with Crippen molar-refractivity contribution in [2.45, 2.75) is 130 Å². The molecule has 39 heavy (non-hydrogen) atoms. The van der Waals surface area contributed by atoms with Crippen LogP contribution in [0.3, 0.4) is 0 Å². The van der Waals surface area contributed by atoms with E-state index in [0.29, 0.717) is 5.92 Å². The molecule has 2 aromatic rings. The summed E-state index contributed by atoms with van der Waals surface area (Å²) in [5.41, 5.74) is 8.03. The van der Waals surface area contributed by atoms with Gasteiger partial charge in [0.15, 0.2) is 8.32 Å². The van der Waals surface area contributed by atoms with E-state index in [-0.39, 0.29) is 22.0 Å². The molecule has 1 saturated heterocycles. The molecule has 0 radical (unpaired) electrons. The number of pyridine rings is 1. The Kier molecular flexibility index (Phi) is 8.35. The molecule has 0 saturated carbocycles. The fourth-order valence-electron chi connectivity index (χ4n) is 6.10. The molecule has 1 aromatic carbocycles. The first kappa shape index (κ1) is 30.4. The summed E-state index contributed by atoms with van der Waals surface area (Å²) in [6.07, 6.45) is 3.07. The van der Waals surface area contributed by atoms with Crippen molar-refractivity contribution in [2.75, 3.05) is 13.2 Å². The summed E-state index contributed by atoms with van der Waals surface area (Å²) < 4.78 is 12.9. The number of nitrogens with zero attached hydrogens (tertiary/aromatic N) is 1. The Balaban J connectivity index is 1.88. The van der Waals surface area contributed by atoms with E-state index in [4.69, 9.17) is 14.1 Å². The zero-order valence-corrected chi connectivity index (χ0v) is 27.5. The molecule has 0 spiro atoms. The Hall–Kier alpha value is -1.53. The SMILES string of the molecule is Cc1c2c(nc(C3CCOCC3)c1C(O)c1ccc(C(C)(C)C)cc1)CC(C)(C)CC2O[Si](C)(C)C(C)(C)C. The number of aliphatic hydroxyl groups excluding tert-OH is 1. The highest BCUT2D eigenvalue weighted by molar-refractivity contribution is 6.74. The van der Waals surface area contributed by atoms with Crippen LogP contribution in [-0.2, 0) is 21.0 Å². The number of benzene rings is 1. The van der Waals surface area contributed by atoms with Gasteiger partial charge in [-0.2, -0.15) is 0 Å². The second kappa shape index (κ2) is 10.7. The molecule has 1 fully saturated rings. The Morgan fingerprint density at radius 3 is 2.15 bits per heavy atom. The van der Waals surface area contributed by atoms with Gasteiger partial charge in [-0.25, -0.2) is 0 Å². The van der Waals surface area contributed by atoms with E-state index in [9.17, 15) is 5.11 Å². The van der Waals surface area contributed by atoms with Crippen LogP contribution in [0.2, 0.25) is 18.1 Å². The van der Waals surface area contributed by atoms with Crippen molar-refractivity contribution >= 4 is 8.32 Å². The monoisotopic (exact) mass is 551 g/mol. The quantitative estimate of drug-likeness (QED) is 0.378. The van der Waals surface area contributed by atoms with Gasteiger partial charge in [-0.05, 0) is 78.3 Å². The molecule has 2 aliphatic rings. The van der Waals surface area contributed by atoms with Gasteiger partial charge in [0.05, 0.1) is 11.8 Å². The Bertz CT molecular complexity index is 1160. The number of hydrogen-bond donors (Lipinski definition) is 1. The van der Waals surface area contributed by atoms with Crippen LogP contribution in [0.5, 0.6) is 0 Å². The molecule has 216 valence electrons. The van der Waals surface area contributed by atoms with E-state index >= 15 is 0 Å². The molecule has 2 unspecified atom stereocenters. The molecule has 2 atom stereocenters. The van der Waals surface area contributed by atoms with Gasteiger partial charge in [-0.15, -0.1) is 0 Å². The Morgan fingerprint density at radius 2 is 1.62 bits per heavy atom. The molecule has 4 nitrogen and oxygen atoms in total. The van der Waals surface area contributed by atoms with E-state index in [0.717, 1.165) is 55.7 Å². The molecular weight excluding hydrogens is 498 g/mol. The Morgan fingerprint density at radius 1 is 1.03 bits per heavy atom. The lowest BCUT2D eigenvalue weighted by Crippen LogP contribution is -2.44. The highest BCUT2D eigenvalue weighted by atomic mass is 28.4. The van der Waals surface area contributed by atoms with Gasteiger partial charge < -0.3 is 14.3 Å².